The molecule has 4 nitrogen and oxygen atoms in total. The molecule has 19 heavy (non-hydrogen) atoms. The van der Waals surface area contributed by atoms with Crippen molar-refractivity contribution in [3.63, 3.8) is 0 Å². The number of hydrogen-bond donors (Lipinski definition) is 1. The average molecular weight is 262 g/mol. The van der Waals surface area contributed by atoms with Gasteiger partial charge in [0.1, 0.15) is 0 Å². The van der Waals surface area contributed by atoms with Gasteiger partial charge in [0.15, 0.2) is 0 Å². The molecule has 1 fully saturated rings. The van der Waals surface area contributed by atoms with Crippen molar-refractivity contribution in [1.82, 2.24) is 0 Å². The average Bonchev–Trinajstić information content (AvgIpc) is 2.40. The molecule has 2 rings (SSSR count). The van der Waals surface area contributed by atoms with Gasteiger partial charge in [-0.25, -0.2) is 4.79 Å². The predicted octanol–water partition coefficient (Wildman–Crippen LogP) is 3.55. The van der Waals surface area contributed by atoms with Crippen molar-refractivity contribution < 1.29 is 9.53 Å². The van der Waals surface area contributed by atoms with E-state index in [1.54, 1.807) is 6.92 Å². The molecular weight excluding hydrogens is 240 g/mol. The summed E-state index contributed by atoms with van der Waals surface area (Å²) in [6.07, 6.45) is 3.34. The summed E-state index contributed by atoms with van der Waals surface area (Å²) >= 11 is 0. The molecule has 0 spiro atoms. The van der Waals surface area contributed by atoms with Crippen molar-refractivity contribution in [2.24, 2.45) is 0 Å². The Labute approximate surface area is 114 Å². The standard InChI is InChI=1S/C15H22N2O2/c1-3-19-15(18)16-13-11-12(2)7-8-14(13)17-9-5-4-6-10-17/h7-8,11H,3-6,9-10H2,1-2H3,(H,16,18). The first-order chi connectivity index (χ1) is 9.20. The van der Waals surface area contributed by atoms with E-state index >= 15 is 0 Å². The minimum Gasteiger partial charge on any atom is -0.450 e. The van der Waals surface area contributed by atoms with Gasteiger partial charge in [-0.05, 0) is 50.8 Å². The maximum atomic E-state index is 11.6. The number of piperidine rings is 1. The maximum Gasteiger partial charge on any atom is 0.411 e. The Morgan fingerprint density at radius 1 is 1.32 bits per heavy atom. The molecule has 1 aromatic rings. The van der Waals surface area contributed by atoms with Crippen molar-refractivity contribution in [3.05, 3.63) is 23.8 Å². The molecule has 1 N–H and O–H groups in total. The van der Waals surface area contributed by atoms with Crippen LogP contribution in [0.5, 0.6) is 0 Å². The molecular formula is C15H22N2O2. The number of amides is 1. The van der Waals surface area contributed by atoms with Crippen LogP contribution in [0, 0.1) is 6.92 Å². The summed E-state index contributed by atoms with van der Waals surface area (Å²) in [6.45, 7) is 6.33. The van der Waals surface area contributed by atoms with Crippen LogP contribution in [0.15, 0.2) is 18.2 Å². The van der Waals surface area contributed by atoms with E-state index in [-0.39, 0.29) is 6.09 Å². The van der Waals surface area contributed by atoms with Gasteiger partial charge in [-0.1, -0.05) is 6.07 Å². The number of aryl methyl sites for hydroxylation is 1. The second-order valence-corrected chi connectivity index (χ2v) is 4.91. The van der Waals surface area contributed by atoms with E-state index in [1.165, 1.54) is 19.3 Å². The summed E-state index contributed by atoms with van der Waals surface area (Å²) in [5, 5.41) is 2.85. The molecule has 4 heteroatoms. The first-order valence-corrected chi connectivity index (χ1v) is 7.00. The lowest BCUT2D eigenvalue weighted by molar-refractivity contribution is 0.168. The highest BCUT2D eigenvalue weighted by atomic mass is 16.5. The Kier molecular flexibility index (Phi) is 4.66. The molecule has 0 atom stereocenters. The number of anilines is 2. The fraction of sp³-hybridized carbons (Fsp3) is 0.533. The third-order valence-electron chi connectivity index (χ3n) is 3.36. The highest BCUT2D eigenvalue weighted by molar-refractivity contribution is 5.90. The summed E-state index contributed by atoms with van der Waals surface area (Å²) in [7, 11) is 0. The molecule has 0 radical (unpaired) electrons. The Bertz CT molecular complexity index is 440. The predicted molar refractivity (Wildman–Crippen MR) is 77.9 cm³/mol. The third kappa shape index (κ3) is 3.63. The zero-order valence-electron chi connectivity index (χ0n) is 11.7. The Morgan fingerprint density at radius 2 is 2.05 bits per heavy atom. The zero-order chi connectivity index (χ0) is 13.7. The molecule has 0 aliphatic carbocycles. The fourth-order valence-corrected chi connectivity index (χ4v) is 2.44. The lowest BCUT2D eigenvalue weighted by atomic mass is 10.1. The lowest BCUT2D eigenvalue weighted by Gasteiger charge is -2.30. The van der Waals surface area contributed by atoms with Gasteiger partial charge >= 0.3 is 6.09 Å². The highest BCUT2D eigenvalue weighted by Crippen LogP contribution is 2.29. The number of benzene rings is 1. The van der Waals surface area contributed by atoms with Crippen LogP contribution in [-0.2, 0) is 4.74 Å². The third-order valence-corrected chi connectivity index (χ3v) is 3.36. The zero-order valence-corrected chi connectivity index (χ0v) is 11.7. The number of hydrogen-bond acceptors (Lipinski definition) is 3. The molecule has 1 heterocycles. The number of carbonyl (C=O) groups is 1. The maximum absolute atomic E-state index is 11.6. The van der Waals surface area contributed by atoms with E-state index in [2.05, 4.69) is 22.3 Å². The van der Waals surface area contributed by atoms with Gasteiger partial charge in [-0.3, -0.25) is 5.32 Å². The Hall–Kier alpha value is -1.71. The molecule has 0 bridgehead atoms. The molecule has 0 aromatic heterocycles. The van der Waals surface area contributed by atoms with E-state index in [0.29, 0.717) is 6.61 Å². The number of nitrogens with one attached hydrogen (secondary N) is 1. The summed E-state index contributed by atoms with van der Waals surface area (Å²) in [6, 6.07) is 6.17. The van der Waals surface area contributed by atoms with Gasteiger partial charge < -0.3 is 9.64 Å². The van der Waals surface area contributed by atoms with Crippen LogP contribution in [0.3, 0.4) is 0 Å². The van der Waals surface area contributed by atoms with Crippen molar-refractivity contribution >= 4 is 17.5 Å². The van der Waals surface area contributed by atoms with Crippen LogP contribution >= 0.6 is 0 Å². The van der Waals surface area contributed by atoms with Crippen LogP contribution < -0.4 is 10.2 Å². The molecule has 1 aromatic carbocycles. The van der Waals surface area contributed by atoms with E-state index in [4.69, 9.17) is 4.74 Å². The van der Waals surface area contributed by atoms with Crippen LogP contribution in [0.1, 0.15) is 31.7 Å². The van der Waals surface area contributed by atoms with E-state index in [1.807, 2.05) is 13.0 Å². The molecule has 104 valence electrons. The molecule has 0 saturated carbocycles. The van der Waals surface area contributed by atoms with Gasteiger partial charge in [-0.2, -0.15) is 0 Å². The minimum absolute atomic E-state index is 0.383. The minimum atomic E-state index is -0.383. The van der Waals surface area contributed by atoms with Crippen LogP contribution in [-0.4, -0.2) is 25.8 Å². The van der Waals surface area contributed by atoms with Crippen LogP contribution in [0.25, 0.3) is 0 Å². The van der Waals surface area contributed by atoms with Gasteiger partial charge in [0, 0.05) is 13.1 Å². The molecule has 1 aliphatic heterocycles. The summed E-state index contributed by atoms with van der Waals surface area (Å²) in [5.74, 6) is 0. The SMILES string of the molecule is CCOC(=O)Nc1cc(C)ccc1N1CCCCC1. The van der Waals surface area contributed by atoms with Crippen molar-refractivity contribution in [2.45, 2.75) is 33.1 Å². The van der Waals surface area contributed by atoms with E-state index < -0.39 is 0 Å². The van der Waals surface area contributed by atoms with Gasteiger partial charge in [-0.15, -0.1) is 0 Å². The first kappa shape index (κ1) is 13.7. The fourth-order valence-electron chi connectivity index (χ4n) is 2.44. The van der Waals surface area contributed by atoms with Crippen LogP contribution in [0.2, 0.25) is 0 Å². The molecule has 1 amide bonds. The molecule has 1 saturated heterocycles. The molecule has 1 aliphatic rings. The topological polar surface area (TPSA) is 41.6 Å². The normalized spacial score (nSPS) is 15.2. The number of carbonyl (C=O) groups excluding carboxylic acids is 1. The summed E-state index contributed by atoms with van der Waals surface area (Å²) in [4.78, 5) is 13.9. The Morgan fingerprint density at radius 3 is 2.74 bits per heavy atom. The number of nitrogens with zero attached hydrogens (tertiary/aromatic N) is 1. The summed E-state index contributed by atoms with van der Waals surface area (Å²) in [5.41, 5.74) is 3.08. The van der Waals surface area contributed by atoms with E-state index in [0.717, 1.165) is 30.0 Å². The number of ether oxygens (including phenoxy) is 1. The number of rotatable bonds is 3. The second kappa shape index (κ2) is 6.45. The molecule has 0 unspecified atom stereocenters. The van der Waals surface area contributed by atoms with Gasteiger partial charge in [0.05, 0.1) is 18.0 Å². The van der Waals surface area contributed by atoms with Crippen molar-refractivity contribution in [3.8, 4) is 0 Å². The Balaban J connectivity index is 2.19. The van der Waals surface area contributed by atoms with Crippen molar-refractivity contribution in [1.29, 1.82) is 0 Å². The second-order valence-electron chi connectivity index (χ2n) is 4.91. The van der Waals surface area contributed by atoms with Gasteiger partial charge in [0.2, 0.25) is 0 Å². The first-order valence-electron chi connectivity index (χ1n) is 7.00. The lowest BCUT2D eigenvalue weighted by Crippen LogP contribution is -2.30. The largest absolute Gasteiger partial charge is 0.450 e. The van der Waals surface area contributed by atoms with E-state index in [9.17, 15) is 4.79 Å². The van der Waals surface area contributed by atoms with Crippen molar-refractivity contribution in [2.75, 3.05) is 29.9 Å². The quantitative estimate of drug-likeness (QED) is 0.905. The highest BCUT2D eigenvalue weighted by Gasteiger charge is 2.16. The monoisotopic (exact) mass is 262 g/mol. The smallest absolute Gasteiger partial charge is 0.411 e. The summed E-state index contributed by atoms with van der Waals surface area (Å²) < 4.78 is 4.96. The van der Waals surface area contributed by atoms with Crippen LogP contribution in [0.4, 0.5) is 16.2 Å². The van der Waals surface area contributed by atoms with Gasteiger partial charge in [0.25, 0.3) is 0 Å².